The number of hydrogen-bond donors (Lipinski definition) is 2. The molecule has 1 N–H and O–H groups in total. The Hall–Kier alpha value is -1.30. The number of nitrogens with zero attached hydrogens (tertiary/aromatic N) is 1. The SMILES string of the molecule is Cc1c(-c2ccccc2CN(C)S)sc2c1CC(C)(C)CC2.O=CO. The van der Waals surface area contributed by atoms with Crippen LogP contribution in [0.2, 0.25) is 0 Å². The first-order chi connectivity index (χ1) is 11.8. The third-order valence-corrected chi connectivity index (χ3v) is 6.27. The molecule has 25 heavy (non-hydrogen) atoms. The molecule has 0 saturated heterocycles. The topological polar surface area (TPSA) is 40.5 Å². The lowest BCUT2D eigenvalue weighted by atomic mass is 9.76. The van der Waals surface area contributed by atoms with Crippen LogP contribution in [-0.2, 0) is 24.2 Å². The highest BCUT2D eigenvalue weighted by molar-refractivity contribution is 7.77. The van der Waals surface area contributed by atoms with Gasteiger partial charge < -0.3 is 5.11 Å². The van der Waals surface area contributed by atoms with Crippen LogP contribution in [0.4, 0.5) is 0 Å². The van der Waals surface area contributed by atoms with E-state index in [4.69, 9.17) is 9.90 Å². The number of rotatable bonds is 3. The minimum absolute atomic E-state index is 0.250. The lowest BCUT2D eigenvalue weighted by Gasteiger charge is -2.29. The third kappa shape index (κ3) is 4.87. The average Bonchev–Trinajstić information content (AvgIpc) is 2.84. The van der Waals surface area contributed by atoms with Gasteiger partial charge in [0.15, 0.2) is 0 Å². The van der Waals surface area contributed by atoms with Crippen molar-refractivity contribution in [3.63, 3.8) is 0 Å². The second kappa shape index (κ2) is 8.39. The smallest absolute Gasteiger partial charge is 0.290 e. The van der Waals surface area contributed by atoms with Gasteiger partial charge >= 0.3 is 0 Å². The van der Waals surface area contributed by atoms with E-state index in [0.717, 1.165) is 6.54 Å². The molecule has 0 bridgehead atoms. The van der Waals surface area contributed by atoms with E-state index in [-0.39, 0.29) is 6.47 Å². The van der Waals surface area contributed by atoms with Crippen LogP contribution in [0.1, 0.15) is 41.8 Å². The highest BCUT2D eigenvalue weighted by atomic mass is 32.1. The molecule has 136 valence electrons. The van der Waals surface area contributed by atoms with Crippen molar-refractivity contribution < 1.29 is 9.90 Å². The van der Waals surface area contributed by atoms with Gasteiger partial charge in [-0.05, 0) is 60.9 Å². The summed E-state index contributed by atoms with van der Waals surface area (Å²) in [6.07, 6.45) is 3.77. The van der Waals surface area contributed by atoms with Gasteiger partial charge in [0.05, 0.1) is 0 Å². The van der Waals surface area contributed by atoms with Crippen LogP contribution in [0.15, 0.2) is 24.3 Å². The molecule has 1 heterocycles. The van der Waals surface area contributed by atoms with Crippen LogP contribution >= 0.6 is 24.2 Å². The molecular weight excluding hydrogens is 350 g/mol. The molecule has 3 rings (SSSR count). The summed E-state index contributed by atoms with van der Waals surface area (Å²) in [5, 5.41) is 6.89. The lowest BCUT2D eigenvalue weighted by Crippen LogP contribution is -2.21. The first-order valence-corrected chi connectivity index (χ1v) is 9.68. The number of aryl methyl sites for hydroxylation is 1. The van der Waals surface area contributed by atoms with Crippen LogP contribution < -0.4 is 0 Å². The molecule has 0 saturated carbocycles. The van der Waals surface area contributed by atoms with Crippen molar-refractivity contribution in [1.29, 1.82) is 0 Å². The van der Waals surface area contributed by atoms with Crippen LogP contribution in [0.5, 0.6) is 0 Å². The van der Waals surface area contributed by atoms with Crippen molar-refractivity contribution in [3.05, 3.63) is 45.8 Å². The fraction of sp³-hybridized carbons (Fsp3) is 0.450. The number of fused-ring (bicyclic) bond motifs is 1. The number of benzene rings is 1. The summed E-state index contributed by atoms with van der Waals surface area (Å²) in [7, 11) is 2.01. The van der Waals surface area contributed by atoms with Crippen LogP contribution in [0.3, 0.4) is 0 Å². The Bertz CT molecular complexity index is 735. The number of carbonyl (C=O) groups is 1. The summed E-state index contributed by atoms with van der Waals surface area (Å²) >= 11 is 6.44. The van der Waals surface area contributed by atoms with Gasteiger partial charge in [-0.3, -0.25) is 9.10 Å². The molecule has 0 amide bonds. The maximum absolute atomic E-state index is 8.36. The van der Waals surface area contributed by atoms with E-state index < -0.39 is 0 Å². The van der Waals surface area contributed by atoms with Gasteiger partial charge in [0, 0.05) is 16.3 Å². The molecule has 1 aliphatic carbocycles. The summed E-state index contributed by atoms with van der Waals surface area (Å²) in [4.78, 5) is 11.4. The first-order valence-electron chi connectivity index (χ1n) is 8.46. The summed E-state index contributed by atoms with van der Waals surface area (Å²) in [6.45, 7) is 7.73. The Morgan fingerprint density at radius 3 is 2.64 bits per heavy atom. The Kier molecular flexibility index (Phi) is 6.72. The maximum atomic E-state index is 8.36. The van der Waals surface area contributed by atoms with Crippen LogP contribution in [0.25, 0.3) is 10.4 Å². The van der Waals surface area contributed by atoms with E-state index in [1.807, 2.05) is 22.7 Å². The normalized spacial score (nSPS) is 15.3. The zero-order valence-corrected chi connectivity index (χ0v) is 17.1. The Labute approximate surface area is 160 Å². The van der Waals surface area contributed by atoms with Crippen molar-refractivity contribution >= 4 is 30.6 Å². The largest absolute Gasteiger partial charge is 0.483 e. The van der Waals surface area contributed by atoms with Crippen LogP contribution in [-0.4, -0.2) is 22.9 Å². The zero-order valence-electron chi connectivity index (χ0n) is 15.4. The van der Waals surface area contributed by atoms with Gasteiger partial charge in [-0.1, -0.05) is 50.9 Å². The van der Waals surface area contributed by atoms with E-state index >= 15 is 0 Å². The van der Waals surface area contributed by atoms with Crippen molar-refractivity contribution in [2.45, 2.75) is 46.6 Å². The molecule has 1 aliphatic rings. The van der Waals surface area contributed by atoms with Gasteiger partial charge in [0.1, 0.15) is 0 Å². The van der Waals surface area contributed by atoms with Crippen molar-refractivity contribution in [1.82, 2.24) is 4.31 Å². The van der Waals surface area contributed by atoms with Gasteiger partial charge in [0.25, 0.3) is 6.47 Å². The van der Waals surface area contributed by atoms with Crippen molar-refractivity contribution in [2.24, 2.45) is 5.41 Å². The minimum atomic E-state index is -0.250. The first kappa shape index (κ1) is 20.0. The Morgan fingerprint density at radius 1 is 1.36 bits per heavy atom. The Morgan fingerprint density at radius 2 is 2.00 bits per heavy atom. The molecule has 0 aliphatic heterocycles. The van der Waals surface area contributed by atoms with Gasteiger partial charge in [-0.25, -0.2) is 0 Å². The standard InChI is InChI=1S/C19H25NS2.CH2O2/c1-13-16-11-19(2,3)10-9-17(16)22-18(13)15-8-6-5-7-14(15)12-20(4)21;2-1-3/h5-8,21H,9-12H2,1-4H3;1H,(H,2,3). The highest BCUT2D eigenvalue weighted by Gasteiger charge is 2.29. The lowest BCUT2D eigenvalue weighted by molar-refractivity contribution is -0.122. The number of hydrogen-bond acceptors (Lipinski definition) is 4. The fourth-order valence-electron chi connectivity index (χ4n) is 3.44. The molecule has 3 nitrogen and oxygen atoms in total. The van der Waals surface area contributed by atoms with Crippen LogP contribution in [0, 0.1) is 12.3 Å². The summed E-state index contributed by atoms with van der Waals surface area (Å²) in [6, 6.07) is 8.77. The fourth-order valence-corrected chi connectivity index (χ4v) is 4.98. The van der Waals surface area contributed by atoms with Crippen molar-refractivity contribution in [2.75, 3.05) is 7.05 Å². The molecule has 5 heteroatoms. The molecule has 1 aromatic heterocycles. The summed E-state index contributed by atoms with van der Waals surface area (Å²) < 4.78 is 1.95. The Balaban J connectivity index is 0.000000701. The molecule has 0 radical (unpaired) electrons. The van der Waals surface area contributed by atoms with Gasteiger partial charge in [0.2, 0.25) is 0 Å². The molecule has 0 spiro atoms. The minimum Gasteiger partial charge on any atom is -0.483 e. The van der Waals surface area contributed by atoms with E-state index in [2.05, 4.69) is 57.9 Å². The van der Waals surface area contributed by atoms with Crippen molar-refractivity contribution in [3.8, 4) is 10.4 Å². The highest BCUT2D eigenvalue weighted by Crippen LogP contribution is 2.45. The second-order valence-corrected chi connectivity index (χ2v) is 9.17. The predicted molar refractivity (Wildman–Crippen MR) is 109 cm³/mol. The summed E-state index contributed by atoms with van der Waals surface area (Å²) in [5.41, 5.74) is 6.31. The molecule has 0 atom stereocenters. The van der Waals surface area contributed by atoms with E-state index in [1.165, 1.54) is 40.8 Å². The molecule has 2 aromatic rings. The third-order valence-electron chi connectivity index (χ3n) is 4.70. The van der Waals surface area contributed by atoms with E-state index in [1.54, 1.807) is 10.4 Å². The number of carboxylic acid groups (broad SMARTS) is 1. The zero-order chi connectivity index (χ0) is 18.6. The molecule has 0 fully saturated rings. The van der Waals surface area contributed by atoms with Gasteiger partial charge in [-0.15, -0.1) is 11.3 Å². The molecule has 1 aromatic carbocycles. The maximum Gasteiger partial charge on any atom is 0.290 e. The van der Waals surface area contributed by atoms with Gasteiger partial charge in [-0.2, -0.15) is 0 Å². The van der Waals surface area contributed by atoms with E-state index in [0.29, 0.717) is 5.41 Å². The van der Waals surface area contributed by atoms with E-state index in [9.17, 15) is 0 Å². The predicted octanol–water partition coefficient (Wildman–Crippen LogP) is 5.22. The number of thiophene rings is 1. The second-order valence-electron chi connectivity index (χ2n) is 7.38. The quantitative estimate of drug-likeness (QED) is 0.569. The monoisotopic (exact) mass is 377 g/mol. The number of thiol groups is 1. The molecule has 0 unspecified atom stereocenters. The molecular formula is C20H27NO2S2. The average molecular weight is 378 g/mol. The summed E-state index contributed by atoms with van der Waals surface area (Å²) in [5.74, 6) is 0.